The van der Waals surface area contributed by atoms with Crippen LogP contribution in [0.4, 0.5) is 0 Å². The SMILES string of the molecule is Cc1nc2c(=C(N)c3c[nH]c4ccccc34)[nH]c3nc4ccccc4c3c2n1. The summed E-state index contributed by atoms with van der Waals surface area (Å²) in [6.07, 6.45) is 1.93. The Bertz CT molecular complexity index is 1590. The van der Waals surface area contributed by atoms with Crippen LogP contribution >= 0.6 is 0 Å². The van der Waals surface area contributed by atoms with Crippen LogP contribution in [0.1, 0.15) is 11.4 Å². The number of fused-ring (bicyclic) bond motifs is 6. The van der Waals surface area contributed by atoms with Crippen LogP contribution < -0.4 is 11.1 Å². The van der Waals surface area contributed by atoms with E-state index in [0.29, 0.717) is 11.5 Å². The second-order valence-electron chi connectivity index (χ2n) is 6.98. The van der Waals surface area contributed by atoms with E-state index < -0.39 is 0 Å². The normalized spacial score (nSPS) is 13.2. The molecule has 0 amide bonds. The molecular weight excluding hydrogens is 348 g/mol. The molecular formula is C22H16N6. The van der Waals surface area contributed by atoms with E-state index in [4.69, 9.17) is 15.7 Å². The highest BCUT2D eigenvalue weighted by Crippen LogP contribution is 2.29. The fourth-order valence-electron chi connectivity index (χ4n) is 4.02. The van der Waals surface area contributed by atoms with E-state index in [9.17, 15) is 0 Å². The molecule has 0 aliphatic rings. The number of nitrogens with zero attached hydrogens (tertiary/aromatic N) is 3. The van der Waals surface area contributed by atoms with Crippen molar-refractivity contribution >= 4 is 49.6 Å². The smallest absolute Gasteiger partial charge is 0.141 e. The third-order valence-electron chi connectivity index (χ3n) is 5.28. The van der Waals surface area contributed by atoms with E-state index in [-0.39, 0.29) is 0 Å². The number of nitrogens with one attached hydrogen (secondary N) is 2. The maximum absolute atomic E-state index is 6.66. The summed E-state index contributed by atoms with van der Waals surface area (Å²) in [4.78, 5) is 20.9. The van der Waals surface area contributed by atoms with Crippen LogP contribution in [0.5, 0.6) is 0 Å². The number of H-pyrrole nitrogens is 2. The van der Waals surface area contributed by atoms with Gasteiger partial charge in [0.05, 0.1) is 21.9 Å². The summed E-state index contributed by atoms with van der Waals surface area (Å²) in [5, 5.41) is 3.87. The summed E-state index contributed by atoms with van der Waals surface area (Å²) in [5.41, 5.74) is 12.6. The Morgan fingerprint density at radius 3 is 2.54 bits per heavy atom. The van der Waals surface area contributed by atoms with Gasteiger partial charge < -0.3 is 15.7 Å². The monoisotopic (exact) mass is 364 g/mol. The van der Waals surface area contributed by atoms with Crippen LogP contribution in [0.3, 0.4) is 0 Å². The number of para-hydroxylation sites is 2. The lowest BCUT2D eigenvalue weighted by Crippen LogP contribution is -2.19. The first-order valence-electron chi connectivity index (χ1n) is 9.11. The molecule has 0 fully saturated rings. The summed E-state index contributed by atoms with van der Waals surface area (Å²) < 4.78 is 0. The van der Waals surface area contributed by atoms with Gasteiger partial charge in [-0.15, -0.1) is 0 Å². The van der Waals surface area contributed by atoms with E-state index in [1.54, 1.807) is 0 Å². The van der Waals surface area contributed by atoms with Crippen molar-refractivity contribution in [3.05, 3.63) is 71.5 Å². The number of aryl methyl sites for hydroxylation is 1. The van der Waals surface area contributed by atoms with E-state index >= 15 is 0 Å². The minimum absolute atomic E-state index is 0.622. The van der Waals surface area contributed by atoms with Gasteiger partial charge in [0.2, 0.25) is 0 Å². The van der Waals surface area contributed by atoms with Gasteiger partial charge in [-0.2, -0.15) is 0 Å². The zero-order valence-corrected chi connectivity index (χ0v) is 15.1. The predicted octanol–water partition coefficient (Wildman–Crippen LogP) is 3.28. The van der Waals surface area contributed by atoms with Gasteiger partial charge in [0.1, 0.15) is 22.5 Å². The molecule has 6 heteroatoms. The quantitative estimate of drug-likeness (QED) is 0.417. The molecule has 28 heavy (non-hydrogen) atoms. The first kappa shape index (κ1) is 15.2. The molecule has 0 spiro atoms. The van der Waals surface area contributed by atoms with E-state index in [1.807, 2.05) is 49.5 Å². The zero-order chi connectivity index (χ0) is 18.8. The van der Waals surface area contributed by atoms with Gasteiger partial charge in [-0.25, -0.2) is 15.0 Å². The average Bonchev–Trinajstić information content (AvgIpc) is 3.40. The molecule has 0 saturated carbocycles. The molecule has 4 heterocycles. The molecule has 0 bridgehead atoms. The van der Waals surface area contributed by atoms with Gasteiger partial charge in [-0.05, 0) is 19.1 Å². The van der Waals surface area contributed by atoms with Crippen LogP contribution in [0, 0.1) is 6.92 Å². The largest absolute Gasteiger partial charge is 0.396 e. The summed E-state index contributed by atoms with van der Waals surface area (Å²) in [5.74, 6) is 0.717. The Morgan fingerprint density at radius 1 is 0.893 bits per heavy atom. The van der Waals surface area contributed by atoms with Crippen LogP contribution in [-0.2, 0) is 0 Å². The van der Waals surface area contributed by atoms with Gasteiger partial charge in [0.15, 0.2) is 0 Å². The molecule has 6 aromatic rings. The molecule has 0 atom stereocenters. The number of aromatic amines is 2. The first-order chi connectivity index (χ1) is 13.7. The maximum Gasteiger partial charge on any atom is 0.141 e. The van der Waals surface area contributed by atoms with Crippen molar-refractivity contribution in [2.45, 2.75) is 6.92 Å². The number of nitrogens with two attached hydrogens (primary N) is 1. The Balaban J connectivity index is 1.82. The summed E-state index contributed by atoms with van der Waals surface area (Å²) in [6.45, 7) is 1.90. The highest BCUT2D eigenvalue weighted by molar-refractivity contribution is 6.17. The van der Waals surface area contributed by atoms with Crippen molar-refractivity contribution in [1.82, 2.24) is 24.9 Å². The maximum atomic E-state index is 6.66. The van der Waals surface area contributed by atoms with Crippen LogP contribution in [-0.4, -0.2) is 24.9 Å². The number of aromatic nitrogens is 5. The zero-order valence-electron chi connectivity index (χ0n) is 15.1. The molecule has 134 valence electrons. The van der Waals surface area contributed by atoms with Gasteiger partial charge >= 0.3 is 0 Å². The fraction of sp³-hybridized carbons (Fsp3) is 0.0455. The highest BCUT2D eigenvalue weighted by Gasteiger charge is 2.17. The second kappa shape index (κ2) is 5.29. The lowest BCUT2D eigenvalue weighted by Gasteiger charge is -2.02. The minimum atomic E-state index is 0.622. The number of hydrogen-bond acceptors (Lipinski definition) is 4. The third-order valence-corrected chi connectivity index (χ3v) is 5.28. The van der Waals surface area contributed by atoms with Crippen molar-refractivity contribution < 1.29 is 0 Å². The van der Waals surface area contributed by atoms with Crippen molar-refractivity contribution in [1.29, 1.82) is 0 Å². The Labute approximate surface area is 159 Å². The van der Waals surface area contributed by atoms with Gasteiger partial charge in [-0.3, -0.25) is 0 Å². The highest BCUT2D eigenvalue weighted by atomic mass is 15.0. The van der Waals surface area contributed by atoms with Crippen LogP contribution in [0.25, 0.3) is 49.6 Å². The lowest BCUT2D eigenvalue weighted by atomic mass is 10.1. The number of benzene rings is 2. The van der Waals surface area contributed by atoms with Crippen molar-refractivity contribution in [3.8, 4) is 0 Å². The molecule has 0 unspecified atom stereocenters. The predicted molar refractivity (Wildman–Crippen MR) is 112 cm³/mol. The number of pyridine rings is 1. The minimum Gasteiger partial charge on any atom is -0.396 e. The fourth-order valence-corrected chi connectivity index (χ4v) is 4.02. The molecule has 0 saturated heterocycles. The van der Waals surface area contributed by atoms with Crippen LogP contribution in [0.15, 0.2) is 54.7 Å². The van der Waals surface area contributed by atoms with Crippen molar-refractivity contribution in [2.24, 2.45) is 5.73 Å². The number of rotatable bonds is 1. The number of imidazole rings is 1. The molecule has 4 aromatic heterocycles. The summed E-state index contributed by atoms with van der Waals surface area (Å²) in [7, 11) is 0. The van der Waals surface area contributed by atoms with Gasteiger partial charge in [-0.1, -0.05) is 36.4 Å². The molecule has 4 N–H and O–H groups in total. The number of hydrogen-bond donors (Lipinski definition) is 3. The molecule has 0 aliphatic carbocycles. The molecule has 0 aliphatic heterocycles. The first-order valence-corrected chi connectivity index (χ1v) is 9.11. The topological polar surface area (TPSA) is 96.3 Å². The van der Waals surface area contributed by atoms with Gasteiger partial charge in [0.25, 0.3) is 0 Å². The Hall–Kier alpha value is -3.93. The molecule has 2 aromatic carbocycles. The Kier molecular flexibility index (Phi) is 2.87. The third kappa shape index (κ3) is 1.94. The Morgan fingerprint density at radius 2 is 1.64 bits per heavy atom. The lowest BCUT2D eigenvalue weighted by molar-refractivity contribution is 1.16. The summed E-state index contributed by atoms with van der Waals surface area (Å²) >= 11 is 0. The van der Waals surface area contributed by atoms with Crippen molar-refractivity contribution in [2.75, 3.05) is 0 Å². The average molecular weight is 364 g/mol. The van der Waals surface area contributed by atoms with E-state index in [2.05, 4.69) is 27.1 Å². The van der Waals surface area contributed by atoms with E-state index in [1.165, 1.54) is 0 Å². The van der Waals surface area contributed by atoms with Gasteiger partial charge in [0, 0.05) is 28.0 Å². The molecule has 0 radical (unpaired) electrons. The van der Waals surface area contributed by atoms with Crippen LogP contribution in [0.2, 0.25) is 0 Å². The summed E-state index contributed by atoms with van der Waals surface area (Å²) in [6, 6.07) is 16.2. The molecule has 6 nitrogen and oxygen atoms in total. The van der Waals surface area contributed by atoms with E-state index in [0.717, 1.165) is 54.8 Å². The van der Waals surface area contributed by atoms with Crippen molar-refractivity contribution in [3.63, 3.8) is 0 Å². The molecule has 6 rings (SSSR count). The second-order valence-corrected chi connectivity index (χ2v) is 6.98. The standard InChI is InChI=1S/C22H16N6/c1-11-25-19-17-13-7-3-5-9-16(13)27-22(17)28-20(21(19)26-11)18(23)14-10-24-15-8-4-2-6-12(14)15/h2-10,24H,23H2,1H3,(H,27,28).